The fourth-order valence-electron chi connectivity index (χ4n) is 16.1. The van der Waals surface area contributed by atoms with E-state index in [4.69, 9.17) is 44.9 Å². The van der Waals surface area contributed by atoms with Crippen LogP contribution in [0, 0.1) is 0 Å². The van der Waals surface area contributed by atoms with Gasteiger partial charge in [-0.15, -0.1) is 0 Å². The summed E-state index contributed by atoms with van der Waals surface area (Å²) in [5, 5.41) is 19.0. The molecule has 0 N–H and O–H groups in total. The average molecular weight is 1560 g/mol. The van der Waals surface area contributed by atoms with Crippen LogP contribution in [0.2, 0.25) is 0 Å². The Labute approximate surface area is 705 Å². The molecule has 570 valence electrons. The Balaban J connectivity index is 0.000000113. The number of hydrogen-bond acceptors (Lipinski definition) is 9. The van der Waals surface area contributed by atoms with Crippen molar-refractivity contribution in [2.75, 3.05) is 0 Å². The maximum absolute atomic E-state index is 5.03. The van der Waals surface area contributed by atoms with Gasteiger partial charge in [0.1, 0.15) is 0 Å². The first kappa shape index (κ1) is 73.2. The molecule has 20 aromatic carbocycles. The third kappa shape index (κ3) is 15.4. The Morgan fingerprint density at radius 3 is 0.475 bits per heavy atom. The summed E-state index contributed by atoms with van der Waals surface area (Å²) >= 11 is 0. The fourth-order valence-corrected chi connectivity index (χ4v) is 16.1. The molecular formula is C113H73N9. The molecule has 122 heavy (non-hydrogen) atoms. The van der Waals surface area contributed by atoms with Crippen LogP contribution in [0.5, 0.6) is 0 Å². The zero-order chi connectivity index (χ0) is 81.1. The van der Waals surface area contributed by atoms with Crippen molar-refractivity contribution >= 4 is 86.2 Å². The third-order valence-electron chi connectivity index (χ3n) is 22.6. The monoisotopic (exact) mass is 1560 g/mol. The van der Waals surface area contributed by atoms with E-state index in [0.717, 1.165) is 105 Å². The van der Waals surface area contributed by atoms with Gasteiger partial charge in [-0.1, -0.05) is 388 Å². The highest BCUT2D eigenvalue weighted by atomic mass is 15.1. The van der Waals surface area contributed by atoms with E-state index >= 15 is 0 Å². The summed E-state index contributed by atoms with van der Waals surface area (Å²) in [7, 11) is 0. The van der Waals surface area contributed by atoms with E-state index in [-0.39, 0.29) is 0 Å². The van der Waals surface area contributed by atoms with Crippen LogP contribution in [-0.2, 0) is 0 Å². The number of nitrogens with zero attached hydrogens (tertiary/aromatic N) is 9. The lowest BCUT2D eigenvalue weighted by Crippen LogP contribution is -2.00. The van der Waals surface area contributed by atoms with Crippen LogP contribution in [0.1, 0.15) is 0 Å². The normalized spacial score (nSPS) is 11.3. The lowest BCUT2D eigenvalue weighted by Gasteiger charge is -2.11. The molecule has 0 bridgehead atoms. The molecule has 0 atom stereocenters. The molecule has 0 saturated carbocycles. The Kier molecular flexibility index (Phi) is 19.5. The number of fused-ring (bicyclic) bond motifs is 8. The van der Waals surface area contributed by atoms with E-state index in [1.165, 1.54) is 65.0 Å². The van der Waals surface area contributed by atoms with Gasteiger partial charge in [0.2, 0.25) is 0 Å². The molecule has 0 aliphatic carbocycles. The van der Waals surface area contributed by atoms with Crippen LogP contribution < -0.4 is 0 Å². The predicted molar refractivity (Wildman–Crippen MR) is 505 cm³/mol. The molecule has 0 aliphatic rings. The van der Waals surface area contributed by atoms with Crippen molar-refractivity contribution < 1.29 is 0 Å². The van der Waals surface area contributed by atoms with E-state index < -0.39 is 0 Å². The zero-order valence-electron chi connectivity index (χ0n) is 66.2. The van der Waals surface area contributed by atoms with E-state index in [2.05, 4.69) is 437 Å². The first-order chi connectivity index (χ1) is 60.3. The second kappa shape index (κ2) is 32.5. The number of benzene rings is 20. The zero-order valence-corrected chi connectivity index (χ0v) is 66.2. The van der Waals surface area contributed by atoms with Crippen LogP contribution in [-0.4, -0.2) is 44.9 Å². The van der Waals surface area contributed by atoms with Gasteiger partial charge in [0, 0.05) is 50.1 Å². The number of hydrogen-bond donors (Lipinski definition) is 0. The SMILES string of the molecule is c1cc(-c2ccc3ccccc3c2)cc(-c2nc(-c3ccc4ccccc4c3)nc(-c3ccc4ccccc4c3)n2)c1.c1ccc(-c2ccc(-c3nc(-c4ccc5ccccc5c4)nc(-c4ccc5ccccc5c4)n3)cc2)cc1.c1ccc2cc(-c3ccc(-c4nc(-c5ccc6ccccc6c5)nc(-c5ccc6ccccc6c5)n4)cc3)ccc2c1. The molecule has 0 amide bonds. The Hall–Kier alpha value is -16.5. The van der Waals surface area contributed by atoms with Crippen LogP contribution >= 0.6 is 0 Å². The Morgan fingerprint density at radius 1 is 0.0820 bits per heavy atom. The summed E-state index contributed by atoms with van der Waals surface area (Å²) < 4.78 is 0. The third-order valence-corrected chi connectivity index (χ3v) is 22.6. The second-order valence-corrected chi connectivity index (χ2v) is 30.5. The smallest absolute Gasteiger partial charge is 0.164 e. The molecule has 0 radical (unpaired) electrons. The van der Waals surface area contributed by atoms with Gasteiger partial charge in [0.05, 0.1) is 0 Å². The first-order valence-corrected chi connectivity index (χ1v) is 40.9. The topological polar surface area (TPSA) is 116 Å². The molecule has 3 aromatic heterocycles. The Bertz CT molecular complexity index is 7610. The first-order valence-electron chi connectivity index (χ1n) is 40.9. The van der Waals surface area contributed by atoms with Crippen molar-refractivity contribution in [1.82, 2.24) is 44.9 Å². The second-order valence-electron chi connectivity index (χ2n) is 30.5. The van der Waals surface area contributed by atoms with Crippen LogP contribution in [0.3, 0.4) is 0 Å². The van der Waals surface area contributed by atoms with Crippen molar-refractivity contribution in [3.05, 3.63) is 443 Å². The van der Waals surface area contributed by atoms with E-state index in [1.807, 2.05) is 6.07 Å². The van der Waals surface area contributed by atoms with Crippen molar-refractivity contribution in [3.63, 3.8) is 0 Å². The maximum atomic E-state index is 5.03. The maximum Gasteiger partial charge on any atom is 0.164 e. The minimum atomic E-state index is 0.652. The summed E-state index contributed by atoms with van der Waals surface area (Å²) in [6.07, 6.45) is 0. The quantitative estimate of drug-likeness (QED) is 0.118. The highest BCUT2D eigenvalue weighted by Gasteiger charge is 2.19. The molecule has 23 aromatic rings. The van der Waals surface area contributed by atoms with Gasteiger partial charge in [-0.05, 0) is 174 Å². The van der Waals surface area contributed by atoms with Crippen LogP contribution in [0.4, 0.5) is 0 Å². The van der Waals surface area contributed by atoms with E-state index in [0.29, 0.717) is 52.4 Å². The number of aromatic nitrogens is 9. The van der Waals surface area contributed by atoms with Gasteiger partial charge in [0.25, 0.3) is 0 Å². The molecule has 0 aliphatic heterocycles. The van der Waals surface area contributed by atoms with Crippen molar-refractivity contribution in [2.24, 2.45) is 0 Å². The number of rotatable bonds is 12. The van der Waals surface area contributed by atoms with Gasteiger partial charge in [0.15, 0.2) is 52.4 Å². The highest BCUT2D eigenvalue weighted by molar-refractivity contribution is 5.95. The van der Waals surface area contributed by atoms with Gasteiger partial charge in [-0.3, -0.25) is 0 Å². The molecule has 9 nitrogen and oxygen atoms in total. The van der Waals surface area contributed by atoms with Crippen molar-refractivity contribution in [1.29, 1.82) is 0 Å². The van der Waals surface area contributed by atoms with E-state index in [9.17, 15) is 0 Å². The predicted octanol–water partition coefficient (Wildman–Crippen LogP) is 28.8. The summed E-state index contributed by atoms with van der Waals surface area (Å²) in [4.78, 5) is 44.9. The van der Waals surface area contributed by atoms with Gasteiger partial charge in [-0.2, -0.15) is 0 Å². The Morgan fingerprint density at radius 2 is 0.221 bits per heavy atom. The molecule has 9 heteroatoms. The summed E-state index contributed by atoms with van der Waals surface area (Å²) in [6, 6.07) is 154. The fraction of sp³-hybridized carbons (Fsp3) is 0. The van der Waals surface area contributed by atoms with Gasteiger partial charge < -0.3 is 0 Å². The largest absolute Gasteiger partial charge is 0.208 e. The highest BCUT2D eigenvalue weighted by Crippen LogP contribution is 2.37. The van der Waals surface area contributed by atoms with Crippen molar-refractivity contribution in [3.8, 4) is 136 Å². The van der Waals surface area contributed by atoms with Gasteiger partial charge >= 0.3 is 0 Å². The summed E-state index contributed by atoms with van der Waals surface area (Å²) in [6.45, 7) is 0. The van der Waals surface area contributed by atoms with Crippen LogP contribution in [0.15, 0.2) is 443 Å². The van der Waals surface area contributed by atoms with Gasteiger partial charge in [-0.25, -0.2) is 44.9 Å². The summed E-state index contributed by atoms with van der Waals surface area (Å²) in [5.74, 6) is 5.92. The molecule has 3 heterocycles. The van der Waals surface area contributed by atoms with E-state index in [1.54, 1.807) is 0 Å². The average Bonchev–Trinajstić information content (AvgIpc) is 0.786. The molecule has 0 unspecified atom stereocenters. The molecule has 23 rings (SSSR count). The molecule has 0 saturated heterocycles. The minimum Gasteiger partial charge on any atom is -0.208 e. The van der Waals surface area contributed by atoms with Crippen LogP contribution in [0.25, 0.3) is 222 Å². The standard InChI is InChI=1S/2C39H25N3.C35H23N3/c1-4-11-29-22-33(19-16-26(29)8-1)32-14-7-15-34(25-32)37-40-38(35-20-17-27-9-2-5-12-30(27)23-35)42-39(41-37)36-21-18-28-10-3-6-13-31(28)24-36;1-4-10-31-23-34(20-15-26(31)7-1)29-13-18-30(19-14-29)37-40-38(35-21-16-27-8-2-5-11-32(27)24-35)42-39(41-37)36-22-17-28-9-3-6-12-33(28)25-36;1-2-8-24(9-3-1)27-14-18-28(19-15-27)33-36-34(31-20-16-25-10-4-6-12-29(25)22-31)38-35(37-33)32-21-17-26-11-5-7-13-30(26)23-32/h2*1-25H;1-23H. The minimum absolute atomic E-state index is 0.652. The molecule has 0 spiro atoms. The van der Waals surface area contributed by atoms with Crippen molar-refractivity contribution in [2.45, 2.75) is 0 Å². The lowest BCUT2D eigenvalue weighted by atomic mass is 9.99. The summed E-state index contributed by atoms with van der Waals surface area (Å²) in [5.41, 5.74) is 15.6. The molecular weight excluding hydrogens is 1480 g/mol. The molecule has 0 fully saturated rings. The lowest BCUT2D eigenvalue weighted by molar-refractivity contribution is 1.07.